The molecule has 3 aliphatic rings. The SMILES string of the molecule is O=C1N(CCCOCc2ccccc2)CCC12CC1OC1C2. The molecule has 118 valence electrons. The van der Waals surface area contributed by atoms with Crippen LogP contribution in [-0.4, -0.2) is 42.7 Å². The van der Waals surface area contributed by atoms with Crippen molar-refractivity contribution in [3.63, 3.8) is 0 Å². The average molecular weight is 301 g/mol. The van der Waals surface area contributed by atoms with Gasteiger partial charge in [0.2, 0.25) is 5.91 Å². The molecule has 4 rings (SSSR count). The zero-order valence-corrected chi connectivity index (χ0v) is 12.9. The topological polar surface area (TPSA) is 42.1 Å². The normalized spacial score (nSPS) is 32.7. The van der Waals surface area contributed by atoms with Crippen LogP contribution in [0.15, 0.2) is 30.3 Å². The molecule has 1 spiro atoms. The standard InChI is InChI=1S/C18H23NO3/c20-17-18(11-15-16(12-18)22-15)7-9-19(17)8-4-10-21-13-14-5-2-1-3-6-14/h1-3,5-6,15-16H,4,7-13H2. The maximum atomic E-state index is 12.6. The number of nitrogens with zero attached hydrogens (tertiary/aromatic N) is 1. The van der Waals surface area contributed by atoms with E-state index in [1.807, 2.05) is 23.1 Å². The summed E-state index contributed by atoms with van der Waals surface area (Å²) in [4.78, 5) is 14.6. The van der Waals surface area contributed by atoms with Gasteiger partial charge in [0, 0.05) is 19.7 Å². The second-order valence-corrected chi connectivity index (χ2v) is 6.84. The molecular formula is C18H23NO3. The number of ether oxygens (including phenoxy) is 2. The molecule has 3 fully saturated rings. The summed E-state index contributed by atoms with van der Waals surface area (Å²) in [5.41, 5.74) is 1.13. The number of likely N-dealkylation sites (tertiary alicyclic amines) is 1. The molecule has 4 heteroatoms. The minimum Gasteiger partial charge on any atom is -0.377 e. The first kappa shape index (κ1) is 14.2. The molecule has 2 saturated heterocycles. The molecule has 2 heterocycles. The van der Waals surface area contributed by atoms with Gasteiger partial charge in [0.05, 0.1) is 24.2 Å². The Balaban J connectivity index is 1.18. The number of fused-ring (bicyclic) bond motifs is 1. The second kappa shape index (κ2) is 5.67. The van der Waals surface area contributed by atoms with Crippen LogP contribution in [0.5, 0.6) is 0 Å². The first-order valence-electron chi connectivity index (χ1n) is 8.33. The Labute approximate surface area is 131 Å². The molecule has 1 aromatic carbocycles. The number of amides is 1. The largest absolute Gasteiger partial charge is 0.377 e. The van der Waals surface area contributed by atoms with Gasteiger partial charge in [-0.15, -0.1) is 0 Å². The van der Waals surface area contributed by atoms with Crippen molar-refractivity contribution in [1.29, 1.82) is 0 Å². The molecule has 1 saturated carbocycles. The Bertz CT molecular complexity index is 535. The highest BCUT2D eigenvalue weighted by Crippen LogP contribution is 2.54. The van der Waals surface area contributed by atoms with Gasteiger partial charge >= 0.3 is 0 Å². The van der Waals surface area contributed by atoms with E-state index in [2.05, 4.69) is 12.1 Å². The van der Waals surface area contributed by atoms with E-state index >= 15 is 0 Å². The number of benzene rings is 1. The van der Waals surface area contributed by atoms with Crippen molar-refractivity contribution in [1.82, 2.24) is 4.90 Å². The number of carbonyl (C=O) groups is 1. The quantitative estimate of drug-likeness (QED) is 0.598. The van der Waals surface area contributed by atoms with Crippen LogP contribution in [-0.2, 0) is 20.9 Å². The van der Waals surface area contributed by atoms with Crippen molar-refractivity contribution < 1.29 is 14.3 Å². The van der Waals surface area contributed by atoms with Crippen LogP contribution in [0.2, 0.25) is 0 Å². The molecule has 22 heavy (non-hydrogen) atoms. The van der Waals surface area contributed by atoms with Crippen LogP contribution in [0.25, 0.3) is 0 Å². The summed E-state index contributed by atoms with van der Waals surface area (Å²) in [6.07, 6.45) is 4.62. The van der Waals surface area contributed by atoms with Gasteiger partial charge < -0.3 is 14.4 Å². The molecule has 0 bridgehead atoms. The summed E-state index contributed by atoms with van der Waals surface area (Å²) in [7, 11) is 0. The van der Waals surface area contributed by atoms with E-state index in [-0.39, 0.29) is 5.41 Å². The average Bonchev–Trinajstić information content (AvgIpc) is 3.06. The number of epoxide rings is 1. The lowest BCUT2D eigenvalue weighted by Crippen LogP contribution is -2.35. The Morgan fingerprint density at radius 1 is 1.23 bits per heavy atom. The zero-order valence-electron chi connectivity index (χ0n) is 12.9. The molecule has 2 aliphatic heterocycles. The van der Waals surface area contributed by atoms with Crippen LogP contribution in [0.3, 0.4) is 0 Å². The monoisotopic (exact) mass is 301 g/mol. The summed E-state index contributed by atoms with van der Waals surface area (Å²) in [6.45, 7) is 3.10. The minimum atomic E-state index is -0.0710. The van der Waals surface area contributed by atoms with Gasteiger partial charge in [-0.3, -0.25) is 4.79 Å². The lowest BCUT2D eigenvalue weighted by molar-refractivity contribution is -0.137. The summed E-state index contributed by atoms with van der Waals surface area (Å²) in [5.74, 6) is 0.367. The van der Waals surface area contributed by atoms with E-state index in [0.29, 0.717) is 31.3 Å². The van der Waals surface area contributed by atoms with E-state index in [4.69, 9.17) is 9.47 Å². The van der Waals surface area contributed by atoms with E-state index in [0.717, 1.165) is 38.8 Å². The van der Waals surface area contributed by atoms with Crippen molar-refractivity contribution in [2.75, 3.05) is 19.7 Å². The third-order valence-corrected chi connectivity index (χ3v) is 5.30. The number of hydrogen-bond acceptors (Lipinski definition) is 3. The first-order chi connectivity index (χ1) is 10.8. The highest BCUT2D eigenvalue weighted by molar-refractivity contribution is 5.85. The van der Waals surface area contributed by atoms with Gasteiger partial charge in [0.25, 0.3) is 0 Å². The van der Waals surface area contributed by atoms with Gasteiger partial charge in [-0.05, 0) is 31.2 Å². The number of rotatable bonds is 6. The molecule has 0 N–H and O–H groups in total. The fourth-order valence-corrected chi connectivity index (χ4v) is 4.00. The van der Waals surface area contributed by atoms with Crippen LogP contribution in [0, 0.1) is 5.41 Å². The highest BCUT2D eigenvalue weighted by Gasteiger charge is 2.61. The van der Waals surface area contributed by atoms with Crippen molar-refractivity contribution in [3.8, 4) is 0 Å². The van der Waals surface area contributed by atoms with E-state index in [1.54, 1.807) is 0 Å². The second-order valence-electron chi connectivity index (χ2n) is 6.84. The molecule has 2 atom stereocenters. The smallest absolute Gasteiger partial charge is 0.229 e. The lowest BCUT2D eigenvalue weighted by Gasteiger charge is -2.23. The predicted octanol–water partition coefficient (Wildman–Crippen LogP) is 2.37. The van der Waals surface area contributed by atoms with Crippen molar-refractivity contribution in [2.45, 2.75) is 44.5 Å². The fraction of sp³-hybridized carbons (Fsp3) is 0.611. The molecule has 0 aromatic heterocycles. The van der Waals surface area contributed by atoms with Gasteiger partial charge in [-0.2, -0.15) is 0 Å². The van der Waals surface area contributed by atoms with Crippen LogP contribution < -0.4 is 0 Å². The third-order valence-electron chi connectivity index (χ3n) is 5.30. The summed E-state index contributed by atoms with van der Waals surface area (Å²) >= 11 is 0. The molecule has 1 aromatic rings. The maximum absolute atomic E-state index is 12.6. The minimum absolute atomic E-state index is 0.0710. The molecule has 1 aliphatic carbocycles. The Hall–Kier alpha value is -1.39. The van der Waals surface area contributed by atoms with Crippen molar-refractivity contribution in [2.24, 2.45) is 5.41 Å². The van der Waals surface area contributed by atoms with E-state index < -0.39 is 0 Å². The predicted molar refractivity (Wildman–Crippen MR) is 82.2 cm³/mol. The zero-order chi connectivity index (χ0) is 15.0. The van der Waals surface area contributed by atoms with Crippen LogP contribution >= 0.6 is 0 Å². The molecule has 1 amide bonds. The maximum Gasteiger partial charge on any atom is 0.229 e. The van der Waals surface area contributed by atoms with E-state index in [9.17, 15) is 4.79 Å². The number of hydrogen-bond donors (Lipinski definition) is 0. The molecule has 2 unspecified atom stereocenters. The molecule has 0 radical (unpaired) electrons. The Kier molecular flexibility index (Phi) is 3.66. The Morgan fingerprint density at radius 2 is 2.00 bits per heavy atom. The summed E-state index contributed by atoms with van der Waals surface area (Å²) in [5, 5.41) is 0. The molecule has 4 nitrogen and oxygen atoms in total. The Morgan fingerprint density at radius 3 is 2.77 bits per heavy atom. The van der Waals surface area contributed by atoms with Gasteiger partial charge in [0.15, 0.2) is 0 Å². The summed E-state index contributed by atoms with van der Waals surface area (Å²) < 4.78 is 11.2. The highest BCUT2D eigenvalue weighted by atomic mass is 16.6. The summed E-state index contributed by atoms with van der Waals surface area (Å²) in [6, 6.07) is 10.2. The van der Waals surface area contributed by atoms with Crippen LogP contribution in [0.4, 0.5) is 0 Å². The van der Waals surface area contributed by atoms with Crippen LogP contribution in [0.1, 0.15) is 31.2 Å². The van der Waals surface area contributed by atoms with Crippen molar-refractivity contribution >= 4 is 5.91 Å². The first-order valence-corrected chi connectivity index (χ1v) is 8.33. The molecular weight excluding hydrogens is 278 g/mol. The third kappa shape index (κ3) is 2.66. The fourth-order valence-electron chi connectivity index (χ4n) is 4.00. The van der Waals surface area contributed by atoms with Crippen molar-refractivity contribution in [3.05, 3.63) is 35.9 Å². The van der Waals surface area contributed by atoms with Gasteiger partial charge in [0.1, 0.15) is 0 Å². The van der Waals surface area contributed by atoms with Gasteiger partial charge in [-0.25, -0.2) is 0 Å². The number of carbonyl (C=O) groups excluding carboxylic acids is 1. The lowest BCUT2D eigenvalue weighted by atomic mass is 9.84. The van der Waals surface area contributed by atoms with E-state index in [1.165, 1.54) is 5.56 Å². The van der Waals surface area contributed by atoms with Gasteiger partial charge in [-0.1, -0.05) is 30.3 Å².